The van der Waals surface area contributed by atoms with Gasteiger partial charge >= 0.3 is 0 Å². The molecule has 1 aromatic heterocycles. The van der Waals surface area contributed by atoms with E-state index in [-0.39, 0.29) is 17.6 Å². The van der Waals surface area contributed by atoms with E-state index in [2.05, 4.69) is 0 Å². The molecule has 2 aliphatic heterocycles. The van der Waals surface area contributed by atoms with E-state index in [1.807, 2.05) is 52.7 Å². The Labute approximate surface area is 152 Å². The van der Waals surface area contributed by atoms with Gasteiger partial charge in [-0.25, -0.2) is 0 Å². The number of piperidine rings is 1. The predicted octanol–water partition coefficient (Wildman–Crippen LogP) is 3.52. The van der Waals surface area contributed by atoms with Crippen molar-refractivity contribution in [2.24, 2.45) is 0 Å². The first-order valence-corrected chi connectivity index (χ1v) is 9.76. The van der Waals surface area contributed by atoms with Crippen molar-refractivity contribution < 1.29 is 14.3 Å². The minimum absolute atomic E-state index is 0.107. The number of hydrogen-bond acceptors (Lipinski definition) is 4. The van der Waals surface area contributed by atoms with Gasteiger partial charge in [0.25, 0.3) is 0 Å². The number of thiophene rings is 1. The zero-order valence-electron chi connectivity index (χ0n) is 14.2. The Morgan fingerprint density at radius 2 is 2.00 bits per heavy atom. The first-order chi connectivity index (χ1) is 12.2. The topological polar surface area (TPSA) is 38.8 Å². The second-order valence-corrected chi connectivity index (χ2v) is 7.92. The Hall–Kier alpha value is -1.85. The third kappa shape index (κ3) is 3.88. The first kappa shape index (κ1) is 16.6. The molecule has 4 nitrogen and oxygen atoms in total. The van der Waals surface area contributed by atoms with Crippen molar-refractivity contribution in [3.8, 4) is 5.75 Å². The minimum Gasteiger partial charge on any atom is -0.488 e. The fourth-order valence-corrected chi connectivity index (χ4v) is 4.45. The van der Waals surface area contributed by atoms with Crippen molar-refractivity contribution in [2.75, 3.05) is 19.7 Å². The molecule has 0 unspecified atom stereocenters. The quantitative estimate of drug-likeness (QED) is 0.840. The molecule has 1 spiro atoms. The zero-order chi connectivity index (χ0) is 17.1. The minimum atomic E-state index is -0.112. The lowest BCUT2D eigenvalue weighted by molar-refractivity contribution is -0.135. The van der Waals surface area contributed by atoms with Gasteiger partial charge in [0.1, 0.15) is 11.9 Å². The maximum Gasteiger partial charge on any atom is 0.227 e. The molecule has 2 fully saturated rings. The monoisotopic (exact) mass is 357 g/mol. The van der Waals surface area contributed by atoms with Crippen LogP contribution < -0.4 is 4.74 Å². The van der Waals surface area contributed by atoms with E-state index in [1.165, 1.54) is 0 Å². The molecule has 25 heavy (non-hydrogen) atoms. The Kier molecular flexibility index (Phi) is 4.77. The van der Waals surface area contributed by atoms with Crippen LogP contribution in [0.5, 0.6) is 5.75 Å². The fraction of sp³-hybridized carbons (Fsp3) is 0.450. The van der Waals surface area contributed by atoms with E-state index in [0.717, 1.165) is 43.0 Å². The lowest BCUT2D eigenvalue weighted by Gasteiger charge is -2.38. The van der Waals surface area contributed by atoms with Crippen LogP contribution in [0.25, 0.3) is 0 Å². The number of nitrogens with zero attached hydrogens (tertiary/aromatic N) is 1. The van der Waals surface area contributed by atoms with Crippen LogP contribution >= 0.6 is 11.3 Å². The lowest BCUT2D eigenvalue weighted by atomic mass is 9.88. The molecule has 2 aromatic rings. The average molecular weight is 357 g/mol. The molecule has 3 heterocycles. The third-order valence-corrected chi connectivity index (χ3v) is 6.03. The summed E-state index contributed by atoms with van der Waals surface area (Å²) in [7, 11) is 0. The predicted molar refractivity (Wildman–Crippen MR) is 98.0 cm³/mol. The van der Waals surface area contributed by atoms with E-state index in [4.69, 9.17) is 9.47 Å². The fourth-order valence-electron chi connectivity index (χ4n) is 3.76. The van der Waals surface area contributed by atoms with Gasteiger partial charge in [-0.3, -0.25) is 4.79 Å². The summed E-state index contributed by atoms with van der Waals surface area (Å²) in [5, 5.41) is 2.02. The summed E-state index contributed by atoms with van der Waals surface area (Å²) in [5.41, 5.74) is -0.112. The summed E-state index contributed by atoms with van der Waals surface area (Å²) in [5.74, 6) is 1.13. The number of rotatable bonds is 4. The third-order valence-electron chi connectivity index (χ3n) is 5.15. The Bertz CT molecular complexity index is 693. The van der Waals surface area contributed by atoms with Gasteiger partial charge in [-0.15, -0.1) is 11.3 Å². The molecule has 1 aromatic carbocycles. The molecule has 2 aliphatic rings. The molecular weight excluding hydrogens is 334 g/mol. The summed E-state index contributed by atoms with van der Waals surface area (Å²) in [4.78, 5) is 15.6. The molecular formula is C20H23NO3S. The summed E-state index contributed by atoms with van der Waals surface area (Å²) in [6.07, 6.45) is 3.34. The van der Waals surface area contributed by atoms with Crippen molar-refractivity contribution in [1.29, 1.82) is 0 Å². The molecule has 5 heteroatoms. The van der Waals surface area contributed by atoms with Crippen molar-refractivity contribution in [3.05, 3.63) is 52.7 Å². The number of para-hydroxylation sites is 1. The Balaban J connectivity index is 1.29. The largest absolute Gasteiger partial charge is 0.488 e. The summed E-state index contributed by atoms with van der Waals surface area (Å²) in [6.45, 7) is 2.20. The number of carbonyl (C=O) groups is 1. The molecule has 0 bridgehead atoms. The number of likely N-dealkylation sites (tertiary alicyclic amines) is 1. The van der Waals surface area contributed by atoms with Gasteiger partial charge in [-0.05, 0) is 36.4 Å². The molecule has 0 saturated carbocycles. The number of amides is 1. The van der Waals surface area contributed by atoms with E-state index in [9.17, 15) is 4.79 Å². The highest BCUT2D eigenvalue weighted by atomic mass is 32.1. The number of ether oxygens (including phenoxy) is 2. The van der Waals surface area contributed by atoms with Gasteiger partial charge in [0.15, 0.2) is 0 Å². The normalized spacial score (nSPS) is 22.2. The van der Waals surface area contributed by atoms with Crippen LogP contribution in [0, 0.1) is 0 Å². The molecule has 0 radical (unpaired) electrons. The van der Waals surface area contributed by atoms with E-state index < -0.39 is 0 Å². The second kappa shape index (κ2) is 7.18. The van der Waals surface area contributed by atoms with Crippen molar-refractivity contribution in [3.63, 3.8) is 0 Å². The molecule has 2 saturated heterocycles. The SMILES string of the molecule is O=C(Cc1cccs1)N1CCC2(CC1)C[C@H](Oc1ccccc1)CO2. The lowest BCUT2D eigenvalue weighted by Crippen LogP contribution is -2.47. The van der Waals surface area contributed by atoms with Crippen LogP contribution in [0.2, 0.25) is 0 Å². The van der Waals surface area contributed by atoms with Crippen LogP contribution in [-0.2, 0) is 16.0 Å². The molecule has 4 rings (SSSR count). The highest BCUT2D eigenvalue weighted by Crippen LogP contribution is 2.37. The van der Waals surface area contributed by atoms with Crippen LogP contribution in [0.1, 0.15) is 24.1 Å². The molecule has 0 aliphatic carbocycles. The standard InChI is InChI=1S/C20H23NO3S/c22-19(13-18-7-4-12-25-18)21-10-8-20(9-11-21)14-17(15-23-20)24-16-5-2-1-3-6-16/h1-7,12,17H,8-11,13-15H2/t17-/m0/s1. The number of hydrogen-bond donors (Lipinski definition) is 0. The number of carbonyl (C=O) groups excluding carboxylic acids is 1. The molecule has 0 N–H and O–H groups in total. The maximum absolute atomic E-state index is 12.4. The molecule has 1 amide bonds. The highest BCUT2D eigenvalue weighted by molar-refractivity contribution is 7.10. The van der Waals surface area contributed by atoms with E-state index >= 15 is 0 Å². The Morgan fingerprint density at radius 1 is 1.20 bits per heavy atom. The van der Waals surface area contributed by atoms with Gasteiger partial charge in [-0.2, -0.15) is 0 Å². The van der Waals surface area contributed by atoms with Gasteiger partial charge in [0.2, 0.25) is 5.91 Å². The summed E-state index contributed by atoms with van der Waals surface area (Å²) >= 11 is 1.65. The highest BCUT2D eigenvalue weighted by Gasteiger charge is 2.44. The van der Waals surface area contributed by atoms with E-state index in [1.54, 1.807) is 11.3 Å². The zero-order valence-corrected chi connectivity index (χ0v) is 15.0. The molecule has 1 atom stereocenters. The summed E-state index contributed by atoms with van der Waals surface area (Å²) in [6, 6.07) is 13.9. The smallest absolute Gasteiger partial charge is 0.227 e. The Morgan fingerprint density at radius 3 is 2.72 bits per heavy atom. The average Bonchev–Trinajstić information content (AvgIpc) is 3.27. The second-order valence-electron chi connectivity index (χ2n) is 6.89. The van der Waals surface area contributed by atoms with Crippen LogP contribution in [0.4, 0.5) is 0 Å². The van der Waals surface area contributed by atoms with Gasteiger partial charge in [0, 0.05) is 24.4 Å². The van der Waals surface area contributed by atoms with Crippen LogP contribution in [0.15, 0.2) is 47.8 Å². The van der Waals surface area contributed by atoms with Gasteiger partial charge < -0.3 is 14.4 Å². The number of benzene rings is 1. The maximum atomic E-state index is 12.4. The van der Waals surface area contributed by atoms with E-state index in [0.29, 0.717) is 13.0 Å². The van der Waals surface area contributed by atoms with Crippen LogP contribution in [0.3, 0.4) is 0 Å². The van der Waals surface area contributed by atoms with Gasteiger partial charge in [-0.1, -0.05) is 24.3 Å². The van der Waals surface area contributed by atoms with Crippen molar-refractivity contribution >= 4 is 17.2 Å². The summed E-state index contributed by atoms with van der Waals surface area (Å²) < 4.78 is 12.2. The van der Waals surface area contributed by atoms with Crippen molar-refractivity contribution in [2.45, 2.75) is 37.4 Å². The molecule has 132 valence electrons. The van der Waals surface area contributed by atoms with Gasteiger partial charge in [0.05, 0.1) is 18.6 Å². The first-order valence-electron chi connectivity index (χ1n) is 8.88. The van der Waals surface area contributed by atoms with Crippen LogP contribution in [-0.4, -0.2) is 42.2 Å². The van der Waals surface area contributed by atoms with Crippen molar-refractivity contribution in [1.82, 2.24) is 4.90 Å².